The number of rotatable bonds is 4. The number of carbonyl (C=O) groups excluding carboxylic acids is 1. The summed E-state index contributed by atoms with van der Waals surface area (Å²) in [5, 5.41) is 3.19. The molecule has 0 unspecified atom stereocenters. The molecule has 7 nitrogen and oxygen atoms in total. The second-order valence-electron chi connectivity index (χ2n) is 9.26. The number of hydrogen-bond donors (Lipinski definition) is 1. The summed E-state index contributed by atoms with van der Waals surface area (Å²) in [5.41, 5.74) is 0.424. The van der Waals surface area contributed by atoms with Crippen LogP contribution in [-0.2, 0) is 12.7 Å². The number of piperazine rings is 1. The molecule has 2 fully saturated rings. The number of aromatic nitrogens is 2. The van der Waals surface area contributed by atoms with Crippen LogP contribution in [0.1, 0.15) is 37.8 Å². The van der Waals surface area contributed by atoms with Gasteiger partial charge in [0.15, 0.2) is 0 Å². The largest absolute Gasteiger partial charge is 0.419 e. The predicted octanol–water partition coefficient (Wildman–Crippen LogP) is 3.77. The highest BCUT2D eigenvalue weighted by atomic mass is 19.4. The number of likely N-dealkylation sites (tertiary alicyclic amines) is 1. The van der Waals surface area contributed by atoms with E-state index in [0.717, 1.165) is 44.9 Å². The lowest BCUT2D eigenvalue weighted by Gasteiger charge is -2.44. The number of alkyl halides is 3. The number of nitrogens with zero attached hydrogens (tertiary/aromatic N) is 5. The zero-order chi connectivity index (χ0) is 24.3. The first kappa shape index (κ1) is 24.3. The van der Waals surface area contributed by atoms with Gasteiger partial charge in [-0.25, -0.2) is 14.8 Å². The van der Waals surface area contributed by atoms with Crippen molar-refractivity contribution < 1.29 is 18.0 Å². The van der Waals surface area contributed by atoms with Gasteiger partial charge in [-0.1, -0.05) is 30.3 Å². The highest BCUT2D eigenvalue weighted by molar-refractivity contribution is 5.75. The van der Waals surface area contributed by atoms with E-state index in [1.165, 1.54) is 5.56 Å². The number of hydrogen-bond acceptors (Lipinski definition) is 5. The normalized spacial score (nSPS) is 22.6. The molecule has 2 aliphatic heterocycles. The molecule has 1 N–H and O–H groups in total. The topological polar surface area (TPSA) is 64.6 Å². The van der Waals surface area contributed by atoms with Gasteiger partial charge in [0.1, 0.15) is 0 Å². The Kier molecular flexibility index (Phi) is 7.25. The smallest absolute Gasteiger partial charge is 0.335 e. The zero-order valence-electron chi connectivity index (χ0n) is 19.5. The number of benzene rings is 1. The number of carbonyl (C=O) groups is 1. The molecule has 3 heterocycles. The van der Waals surface area contributed by atoms with Crippen molar-refractivity contribution in [2.45, 2.75) is 57.5 Å². The van der Waals surface area contributed by atoms with Gasteiger partial charge in [-0.2, -0.15) is 13.2 Å². The van der Waals surface area contributed by atoms with Gasteiger partial charge >= 0.3 is 12.2 Å². The zero-order valence-corrected chi connectivity index (χ0v) is 19.5. The van der Waals surface area contributed by atoms with Gasteiger partial charge in [0.2, 0.25) is 5.95 Å². The van der Waals surface area contributed by atoms with Gasteiger partial charge in [0.25, 0.3) is 0 Å². The average Bonchev–Trinajstić information content (AvgIpc) is 2.82. The standard InChI is InChI=1S/C24H31F3N6O/c1-17-15-33(18(2)14-32(17)22-28-12-20(13-29-22)24(25,26)27)23(34)30-21-8-10-31(11-9-21)16-19-6-4-3-5-7-19/h3-7,12-13,17-18,21H,8-11,14-16H2,1-2H3,(H,30,34)/t17-,18+/m0/s1. The lowest BCUT2D eigenvalue weighted by molar-refractivity contribution is -0.138. The molecule has 10 heteroatoms. The maximum atomic E-state index is 13.0. The number of nitrogens with one attached hydrogen (secondary N) is 1. The Morgan fingerprint density at radius 2 is 1.68 bits per heavy atom. The van der Waals surface area contributed by atoms with E-state index in [9.17, 15) is 18.0 Å². The number of urea groups is 1. The molecule has 4 rings (SSSR count). The molecule has 2 atom stereocenters. The van der Waals surface area contributed by atoms with Crippen LogP contribution in [0.25, 0.3) is 0 Å². The van der Waals surface area contributed by atoms with Crippen molar-refractivity contribution in [3.63, 3.8) is 0 Å². The molecule has 2 aromatic rings. The van der Waals surface area contributed by atoms with E-state index in [4.69, 9.17) is 0 Å². The van der Waals surface area contributed by atoms with Gasteiger partial charge in [-0.15, -0.1) is 0 Å². The summed E-state index contributed by atoms with van der Waals surface area (Å²) in [5.74, 6) is 0.248. The van der Waals surface area contributed by atoms with E-state index in [0.29, 0.717) is 13.1 Å². The Labute approximate surface area is 198 Å². The predicted molar refractivity (Wildman–Crippen MR) is 123 cm³/mol. The van der Waals surface area contributed by atoms with Crippen LogP contribution in [0.5, 0.6) is 0 Å². The Balaban J connectivity index is 1.28. The van der Waals surface area contributed by atoms with Crippen molar-refractivity contribution in [2.24, 2.45) is 0 Å². The first-order chi connectivity index (χ1) is 16.2. The van der Waals surface area contributed by atoms with E-state index < -0.39 is 11.7 Å². The van der Waals surface area contributed by atoms with Crippen molar-refractivity contribution in [3.05, 3.63) is 53.9 Å². The first-order valence-electron chi connectivity index (χ1n) is 11.7. The summed E-state index contributed by atoms with van der Waals surface area (Å²) in [6.07, 6.45) is -1.04. The van der Waals surface area contributed by atoms with Crippen molar-refractivity contribution >= 4 is 12.0 Å². The van der Waals surface area contributed by atoms with Crippen molar-refractivity contribution in [3.8, 4) is 0 Å². The van der Waals surface area contributed by atoms with E-state index >= 15 is 0 Å². The van der Waals surface area contributed by atoms with Crippen LogP contribution < -0.4 is 10.2 Å². The minimum absolute atomic E-state index is 0.0890. The lowest BCUT2D eigenvalue weighted by atomic mass is 10.0. The molecule has 34 heavy (non-hydrogen) atoms. The van der Waals surface area contributed by atoms with Crippen molar-refractivity contribution in [1.29, 1.82) is 0 Å². The van der Waals surface area contributed by atoms with Crippen LogP contribution in [0.15, 0.2) is 42.7 Å². The lowest BCUT2D eigenvalue weighted by Crippen LogP contribution is -2.61. The van der Waals surface area contributed by atoms with Gasteiger partial charge in [-0.3, -0.25) is 4.90 Å². The summed E-state index contributed by atoms with van der Waals surface area (Å²) in [7, 11) is 0. The third-order valence-electron chi connectivity index (χ3n) is 6.63. The molecule has 2 aliphatic rings. The maximum Gasteiger partial charge on any atom is 0.419 e. The summed E-state index contributed by atoms with van der Waals surface area (Å²) in [4.78, 5) is 26.9. The molecule has 2 saturated heterocycles. The number of anilines is 1. The molecule has 184 valence electrons. The highest BCUT2D eigenvalue weighted by Gasteiger charge is 2.36. The Bertz CT molecular complexity index is 947. The molecule has 0 aliphatic carbocycles. The maximum absolute atomic E-state index is 13.0. The monoisotopic (exact) mass is 476 g/mol. The van der Waals surface area contributed by atoms with Crippen LogP contribution in [0, 0.1) is 0 Å². The van der Waals surface area contributed by atoms with Crippen molar-refractivity contribution in [2.75, 3.05) is 31.1 Å². The number of halogens is 3. The summed E-state index contributed by atoms with van der Waals surface area (Å²) >= 11 is 0. The minimum atomic E-state index is -4.47. The van der Waals surface area contributed by atoms with E-state index in [2.05, 4.69) is 32.3 Å². The molecule has 0 spiro atoms. The molecule has 1 aromatic carbocycles. The minimum Gasteiger partial charge on any atom is -0.335 e. The molecular formula is C24H31F3N6O. The van der Waals surface area contributed by atoms with Crippen LogP contribution in [0.3, 0.4) is 0 Å². The molecular weight excluding hydrogens is 445 g/mol. The fraction of sp³-hybridized carbons (Fsp3) is 0.542. The average molecular weight is 477 g/mol. The quantitative estimate of drug-likeness (QED) is 0.728. The Hall–Kier alpha value is -2.88. The fourth-order valence-corrected chi connectivity index (χ4v) is 4.64. The van der Waals surface area contributed by atoms with Gasteiger partial charge in [-0.05, 0) is 32.3 Å². The summed E-state index contributed by atoms with van der Waals surface area (Å²) in [6.45, 7) is 7.56. The van der Waals surface area contributed by atoms with Gasteiger partial charge in [0, 0.05) is 63.2 Å². The third kappa shape index (κ3) is 5.78. The number of amides is 2. The third-order valence-corrected chi connectivity index (χ3v) is 6.63. The molecule has 2 amide bonds. The van der Waals surface area contributed by atoms with E-state index in [1.807, 2.05) is 41.8 Å². The molecule has 0 radical (unpaired) electrons. The van der Waals surface area contributed by atoms with E-state index in [-0.39, 0.29) is 30.1 Å². The molecule has 0 bridgehead atoms. The molecule has 1 aromatic heterocycles. The van der Waals surface area contributed by atoms with Crippen LogP contribution in [-0.4, -0.2) is 70.1 Å². The fourth-order valence-electron chi connectivity index (χ4n) is 4.64. The van der Waals surface area contributed by atoms with E-state index in [1.54, 1.807) is 0 Å². The van der Waals surface area contributed by atoms with Gasteiger partial charge < -0.3 is 15.1 Å². The van der Waals surface area contributed by atoms with Crippen molar-refractivity contribution in [1.82, 2.24) is 25.1 Å². The second-order valence-corrected chi connectivity index (χ2v) is 9.26. The Morgan fingerprint density at radius 1 is 1.03 bits per heavy atom. The van der Waals surface area contributed by atoms with Crippen LogP contribution in [0.4, 0.5) is 23.9 Å². The van der Waals surface area contributed by atoms with Crippen LogP contribution in [0.2, 0.25) is 0 Å². The van der Waals surface area contributed by atoms with Crippen LogP contribution >= 0.6 is 0 Å². The Morgan fingerprint density at radius 3 is 2.29 bits per heavy atom. The highest BCUT2D eigenvalue weighted by Crippen LogP contribution is 2.29. The SMILES string of the molecule is C[C@@H]1CN(c2ncc(C(F)(F)F)cn2)[C@@H](C)CN1C(=O)NC1CCN(Cc2ccccc2)CC1. The number of piperidine rings is 1. The second kappa shape index (κ2) is 10.2. The first-order valence-corrected chi connectivity index (χ1v) is 11.7. The summed E-state index contributed by atoms with van der Waals surface area (Å²) in [6, 6.07) is 10.2. The summed E-state index contributed by atoms with van der Waals surface area (Å²) < 4.78 is 38.4. The van der Waals surface area contributed by atoms with Gasteiger partial charge in [0.05, 0.1) is 5.56 Å². The molecule has 0 saturated carbocycles.